The Kier molecular flexibility index (Phi) is 1.93. The molecular formula is C6H13BN2. The van der Waals surface area contributed by atoms with Crippen LogP contribution in [0, 0.1) is 0 Å². The summed E-state index contributed by atoms with van der Waals surface area (Å²) in [4.78, 5) is 4.57. The van der Waals surface area contributed by atoms with E-state index in [1.54, 1.807) is 0 Å². The van der Waals surface area contributed by atoms with Crippen molar-refractivity contribution in [2.45, 2.75) is 0 Å². The predicted molar refractivity (Wildman–Crippen MR) is 41.2 cm³/mol. The Morgan fingerprint density at radius 2 is 1.78 bits per heavy atom. The molecule has 0 spiro atoms. The molecule has 0 aliphatic carbocycles. The number of nitrogens with zero attached hydrogens (tertiary/aromatic N) is 2. The number of hydrogen-bond acceptors (Lipinski definition) is 2. The van der Waals surface area contributed by atoms with Crippen LogP contribution in [0.5, 0.6) is 0 Å². The third-order valence-corrected chi connectivity index (χ3v) is 1.92. The molecule has 3 heteroatoms. The van der Waals surface area contributed by atoms with Gasteiger partial charge in [-0.05, 0) is 14.1 Å². The molecule has 1 heterocycles. The topological polar surface area (TPSA) is 6.48 Å². The highest BCUT2D eigenvalue weighted by Gasteiger charge is 2.27. The van der Waals surface area contributed by atoms with Gasteiger partial charge in [0, 0.05) is 13.1 Å². The first kappa shape index (κ1) is 6.84. The van der Waals surface area contributed by atoms with Crippen LogP contribution in [0.15, 0.2) is 12.6 Å². The van der Waals surface area contributed by atoms with E-state index in [9.17, 15) is 0 Å². The Balaban J connectivity index is 2.54. The van der Waals surface area contributed by atoms with E-state index in [1.165, 1.54) is 0 Å². The minimum atomic E-state index is 0.463. The van der Waals surface area contributed by atoms with E-state index < -0.39 is 0 Å². The summed E-state index contributed by atoms with van der Waals surface area (Å²) in [7, 11) is 4.24. The third-order valence-electron chi connectivity index (χ3n) is 1.92. The van der Waals surface area contributed by atoms with Crippen LogP contribution in [-0.2, 0) is 0 Å². The highest BCUT2D eigenvalue weighted by Crippen LogP contribution is 2.04. The van der Waals surface area contributed by atoms with Crippen LogP contribution in [0.25, 0.3) is 0 Å². The molecule has 0 aromatic carbocycles. The Morgan fingerprint density at radius 3 is 2.00 bits per heavy atom. The molecule has 1 saturated heterocycles. The second kappa shape index (κ2) is 2.54. The van der Waals surface area contributed by atoms with Crippen molar-refractivity contribution in [3.05, 3.63) is 12.6 Å². The zero-order valence-corrected chi connectivity index (χ0v) is 6.17. The number of hydrogen-bond donors (Lipinski definition) is 0. The van der Waals surface area contributed by atoms with E-state index in [1.807, 2.05) is 5.98 Å². The van der Waals surface area contributed by atoms with Crippen LogP contribution >= 0.6 is 0 Å². The van der Waals surface area contributed by atoms with Gasteiger partial charge < -0.3 is 9.62 Å². The molecule has 1 fully saturated rings. The Bertz CT molecular complexity index is 106. The van der Waals surface area contributed by atoms with Crippen LogP contribution in [0.3, 0.4) is 0 Å². The maximum absolute atomic E-state index is 3.76. The summed E-state index contributed by atoms with van der Waals surface area (Å²) in [6, 6.07) is 0. The first-order valence-electron chi connectivity index (χ1n) is 3.28. The predicted octanol–water partition coefficient (Wildman–Crippen LogP) is 0.0770. The van der Waals surface area contributed by atoms with Gasteiger partial charge in [-0.1, -0.05) is 5.98 Å². The van der Waals surface area contributed by atoms with Gasteiger partial charge in [0.25, 0.3) is 0 Å². The normalized spacial score (nSPS) is 23.1. The molecule has 0 bridgehead atoms. The minimum absolute atomic E-state index is 0.463. The van der Waals surface area contributed by atoms with Crippen LogP contribution in [0.2, 0.25) is 0 Å². The third kappa shape index (κ3) is 1.17. The lowest BCUT2D eigenvalue weighted by atomic mass is 9.75. The zero-order valence-electron chi connectivity index (χ0n) is 6.17. The first-order chi connectivity index (χ1) is 4.25. The fourth-order valence-electron chi connectivity index (χ4n) is 1.28. The van der Waals surface area contributed by atoms with Crippen LogP contribution in [0.1, 0.15) is 0 Å². The summed E-state index contributed by atoms with van der Waals surface area (Å²) in [6.07, 6.45) is 0. The van der Waals surface area contributed by atoms with Crippen molar-refractivity contribution in [3.8, 4) is 0 Å². The SMILES string of the molecule is C=CB1N(C)CCN1C. The average Bonchev–Trinajstić information content (AvgIpc) is 2.12. The maximum atomic E-state index is 3.76. The van der Waals surface area contributed by atoms with Gasteiger partial charge in [-0.2, -0.15) is 0 Å². The number of likely N-dealkylation sites (N-methyl/N-ethyl adjacent to an activating group) is 2. The minimum Gasteiger partial charge on any atom is -0.326 e. The monoisotopic (exact) mass is 124 g/mol. The second-order valence-electron chi connectivity index (χ2n) is 2.61. The van der Waals surface area contributed by atoms with Crippen molar-refractivity contribution in [3.63, 3.8) is 0 Å². The molecular weight excluding hydrogens is 111 g/mol. The molecule has 1 aliphatic heterocycles. The van der Waals surface area contributed by atoms with Crippen molar-refractivity contribution in [1.29, 1.82) is 0 Å². The lowest BCUT2D eigenvalue weighted by Crippen LogP contribution is -2.37. The van der Waals surface area contributed by atoms with E-state index in [0.717, 1.165) is 13.1 Å². The van der Waals surface area contributed by atoms with Crippen molar-refractivity contribution < 1.29 is 0 Å². The lowest BCUT2D eigenvalue weighted by Gasteiger charge is -2.15. The Hall–Kier alpha value is -0.275. The van der Waals surface area contributed by atoms with Crippen LogP contribution < -0.4 is 0 Å². The van der Waals surface area contributed by atoms with E-state index >= 15 is 0 Å². The highest BCUT2D eigenvalue weighted by molar-refractivity contribution is 6.58. The lowest BCUT2D eigenvalue weighted by molar-refractivity contribution is 0.553. The molecule has 0 saturated carbocycles. The van der Waals surface area contributed by atoms with Gasteiger partial charge in [0.2, 0.25) is 0 Å². The van der Waals surface area contributed by atoms with E-state index in [2.05, 4.69) is 30.3 Å². The van der Waals surface area contributed by atoms with Crippen molar-refractivity contribution in [2.24, 2.45) is 0 Å². The fourth-order valence-corrected chi connectivity index (χ4v) is 1.28. The molecule has 0 amide bonds. The molecule has 1 rings (SSSR count). The summed E-state index contributed by atoms with van der Waals surface area (Å²) in [5.74, 6) is 1.98. The summed E-state index contributed by atoms with van der Waals surface area (Å²) in [5, 5.41) is 0. The summed E-state index contributed by atoms with van der Waals surface area (Å²) in [6.45, 7) is 6.54. The first-order valence-corrected chi connectivity index (χ1v) is 3.28. The van der Waals surface area contributed by atoms with Gasteiger partial charge in [-0.25, -0.2) is 0 Å². The molecule has 2 nitrogen and oxygen atoms in total. The quantitative estimate of drug-likeness (QED) is 0.456. The summed E-state index contributed by atoms with van der Waals surface area (Å²) >= 11 is 0. The van der Waals surface area contributed by atoms with Gasteiger partial charge >= 0.3 is 6.98 Å². The Labute approximate surface area is 57.3 Å². The van der Waals surface area contributed by atoms with Crippen molar-refractivity contribution >= 4 is 6.98 Å². The molecule has 0 radical (unpaired) electrons. The molecule has 9 heavy (non-hydrogen) atoms. The highest BCUT2D eigenvalue weighted by atomic mass is 15.3. The number of rotatable bonds is 1. The molecule has 50 valence electrons. The van der Waals surface area contributed by atoms with E-state index in [4.69, 9.17) is 0 Å². The average molecular weight is 124 g/mol. The van der Waals surface area contributed by atoms with Gasteiger partial charge in [-0.3, -0.25) is 0 Å². The fraction of sp³-hybridized carbons (Fsp3) is 0.667. The van der Waals surface area contributed by atoms with Crippen molar-refractivity contribution in [1.82, 2.24) is 9.62 Å². The second-order valence-corrected chi connectivity index (χ2v) is 2.61. The smallest absolute Gasteiger partial charge is 0.326 e. The molecule has 1 aliphatic rings. The zero-order chi connectivity index (χ0) is 6.85. The van der Waals surface area contributed by atoms with E-state index in [-0.39, 0.29) is 0 Å². The van der Waals surface area contributed by atoms with Crippen LogP contribution in [-0.4, -0.2) is 43.8 Å². The van der Waals surface area contributed by atoms with Crippen molar-refractivity contribution in [2.75, 3.05) is 27.2 Å². The molecule has 0 N–H and O–H groups in total. The van der Waals surface area contributed by atoms with Gasteiger partial charge in [0.1, 0.15) is 0 Å². The maximum Gasteiger partial charge on any atom is 0.337 e. The Morgan fingerprint density at radius 1 is 1.33 bits per heavy atom. The largest absolute Gasteiger partial charge is 0.337 e. The molecule has 0 unspecified atom stereocenters. The standard InChI is InChI=1S/C6H13BN2/c1-4-7-8(2)5-6-9(7)3/h4H,1,5-6H2,2-3H3. The molecule has 0 aromatic rings. The molecule has 0 aromatic heterocycles. The van der Waals surface area contributed by atoms with E-state index in [0.29, 0.717) is 6.98 Å². The van der Waals surface area contributed by atoms with Gasteiger partial charge in [0.15, 0.2) is 0 Å². The molecule has 0 atom stereocenters. The van der Waals surface area contributed by atoms with Gasteiger partial charge in [0.05, 0.1) is 0 Å². The van der Waals surface area contributed by atoms with Gasteiger partial charge in [-0.15, -0.1) is 6.58 Å². The van der Waals surface area contributed by atoms with Crippen LogP contribution in [0.4, 0.5) is 0 Å². The summed E-state index contributed by atoms with van der Waals surface area (Å²) < 4.78 is 0. The summed E-state index contributed by atoms with van der Waals surface area (Å²) in [5.41, 5.74) is 0.